The average molecular weight is 297 g/mol. The van der Waals surface area contributed by atoms with Gasteiger partial charge in [-0.05, 0) is 63.6 Å². The van der Waals surface area contributed by atoms with Crippen molar-refractivity contribution >= 4 is 6.03 Å². The van der Waals surface area contributed by atoms with E-state index in [1.165, 1.54) is 25.9 Å². The van der Waals surface area contributed by atoms with Crippen LogP contribution in [0.1, 0.15) is 39.0 Å². The molecule has 0 aliphatic carbocycles. The molecule has 0 aromatic heterocycles. The predicted octanol–water partition coefficient (Wildman–Crippen LogP) is 1.52. The zero-order valence-corrected chi connectivity index (χ0v) is 13.4. The van der Waals surface area contributed by atoms with Gasteiger partial charge >= 0.3 is 6.03 Å². The molecule has 2 N–H and O–H groups in total. The lowest BCUT2D eigenvalue weighted by Crippen LogP contribution is -2.45. The molecule has 0 saturated carbocycles. The Balaban J connectivity index is 1.53. The summed E-state index contributed by atoms with van der Waals surface area (Å²) < 4.78 is 0. The van der Waals surface area contributed by atoms with Gasteiger partial charge in [0, 0.05) is 26.2 Å². The van der Waals surface area contributed by atoms with E-state index in [4.69, 9.17) is 5.11 Å². The maximum absolute atomic E-state index is 12.0. The van der Waals surface area contributed by atoms with Gasteiger partial charge in [-0.25, -0.2) is 4.79 Å². The van der Waals surface area contributed by atoms with Crippen LogP contribution in [-0.4, -0.2) is 66.8 Å². The van der Waals surface area contributed by atoms with Crippen LogP contribution < -0.4 is 5.32 Å². The third kappa shape index (κ3) is 5.47. The summed E-state index contributed by atoms with van der Waals surface area (Å²) in [5, 5.41) is 12.1. The number of carbonyl (C=O) groups is 1. The molecule has 5 heteroatoms. The van der Waals surface area contributed by atoms with Gasteiger partial charge in [-0.3, -0.25) is 0 Å². The first-order chi connectivity index (χ1) is 10.2. The van der Waals surface area contributed by atoms with Crippen molar-refractivity contribution in [1.29, 1.82) is 0 Å². The van der Waals surface area contributed by atoms with Crippen molar-refractivity contribution in [3.05, 3.63) is 0 Å². The molecular formula is C16H31N3O2. The Bertz CT molecular complexity index is 309. The lowest BCUT2D eigenvalue weighted by Gasteiger charge is -2.32. The lowest BCUT2D eigenvalue weighted by molar-refractivity contribution is 0.137. The number of nitrogens with zero attached hydrogens (tertiary/aromatic N) is 2. The monoisotopic (exact) mass is 297 g/mol. The molecule has 0 radical (unpaired) electrons. The first-order valence-corrected chi connectivity index (χ1v) is 8.55. The van der Waals surface area contributed by atoms with Crippen LogP contribution >= 0.6 is 0 Å². The predicted molar refractivity (Wildman–Crippen MR) is 84.2 cm³/mol. The number of rotatable bonds is 5. The molecular weight excluding hydrogens is 266 g/mol. The van der Waals surface area contributed by atoms with Crippen LogP contribution in [0.3, 0.4) is 0 Å². The second-order valence-corrected chi connectivity index (χ2v) is 6.72. The highest BCUT2D eigenvalue weighted by Gasteiger charge is 2.22. The summed E-state index contributed by atoms with van der Waals surface area (Å²) in [5.74, 6) is 1.26. The minimum Gasteiger partial charge on any atom is -0.396 e. The molecule has 2 saturated heterocycles. The summed E-state index contributed by atoms with van der Waals surface area (Å²) in [6.07, 6.45) is 5.51. The summed E-state index contributed by atoms with van der Waals surface area (Å²) in [7, 11) is 0. The van der Waals surface area contributed by atoms with Crippen LogP contribution in [0.15, 0.2) is 0 Å². The fourth-order valence-corrected chi connectivity index (χ4v) is 3.21. The number of amides is 2. The molecule has 2 heterocycles. The summed E-state index contributed by atoms with van der Waals surface area (Å²) in [5.41, 5.74) is 0. The third-order valence-corrected chi connectivity index (χ3v) is 4.96. The van der Waals surface area contributed by atoms with E-state index in [9.17, 15) is 4.79 Å². The highest BCUT2D eigenvalue weighted by molar-refractivity contribution is 5.74. The van der Waals surface area contributed by atoms with Gasteiger partial charge in [-0.15, -0.1) is 0 Å². The molecule has 21 heavy (non-hydrogen) atoms. The fraction of sp³-hybridized carbons (Fsp3) is 0.938. The topological polar surface area (TPSA) is 55.8 Å². The van der Waals surface area contributed by atoms with Gasteiger partial charge in [0.1, 0.15) is 0 Å². The summed E-state index contributed by atoms with van der Waals surface area (Å²) in [6, 6.07) is 0.0682. The van der Waals surface area contributed by atoms with Gasteiger partial charge < -0.3 is 20.2 Å². The number of urea groups is 1. The Morgan fingerprint density at radius 1 is 1.14 bits per heavy atom. The van der Waals surface area contributed by atoms with E-state index >= 15 is 0 Å². The molecule has 0 bridgehead atoms. The molecule has 2 rings (SSSR count). The minimum absolute atomic E-state index is 0.0682. The normalized spacial score (nSPS) is 22.5. The van der Waals surface area contributed by atoms with Crippen LogP contribution in [0.25, 0.3) is 0 Å². The Hall–Kier alpha value is -0.810. The van der Waals surface area contributed by atoms with E-state index in [2.05, 4.69) is 17.1 Å². The fourth-order valence-electron chi connectivity index (χ4n) is 3.21. The molecule has 2 amide bonds. The Morgan fingerprint density at radius 3 is 2.43 bits per heavy atom. The molecule has 0 aromatic carbocycles. The van der Waals surface area contributed by atoms with E-state index in [1.54, 1.807) is 0 Å². The van der Waals surface area contributed by atoms with Crippen LogP contribution in [0.5, 0.6) is 0 Å². The summed E-state index contributed by atoms with van der Waals surface area (Å²) >= 11 is 0. The van der Waals surface area contributed by atoms with Crippen molar-refractivity contribution in [2.24, 2.45) is 11.8 Å². The van der Waals surface area contributed by atoms with Crippen LogP contribution in [-0.2, 0) is 0 Å². The number of hydrogen-bond donors (Lipinski definition) is 2. The largest absolute Gasteiger partial charge is 0.396 e. The van der Waals surface area contributed by atoms with Crippen molar-refractivity contribution < 1.29 is 9.90 Å². The minimum atomic E-state index is 0.0682. The van der Waals surface area contributed by atoms with Gasteiger partial charge in [-0.2, -0.15) is 0 Å². The maximum atomic E-state index is 12.0. The quantitative estimate of drug-likeness (QED) is 0.757. The molecule has 2 fully saturated rings. The maximum Gasteiger partial charge on any atom is 0.317 e. The molecule has 122 valence electrons. The number of hydrogen-bond acceptors (Lipinski definition) is 3. The van der Waals surface area contributed by atoms with Gasteiger partial charge in [-0.1, -0.05) is 6.92 Å². The number of carbonyl (C=O) groups excluding carboxylic acids is 1. The van der Waals surface area contributed by atoms with Crippen molar-refractivity contribution in [2.45, 2.75) is 39.0 Å². The standard InChI is InChI=1S/C16H31N3O2/c1-14-3-9-18(10-4-14)8-2-7-17-16(21)19-11-5-15(13-20)6-12-19/h14-15,20H,2-13H2,1H3,(H,17,21). The van der Waals surface area contributed by atoms with E-state index in [1.807, 2.05) is 4.90 Å². The first-order valence-electron chi connectivity index (χ1n) is 8.55. The second-order valence-electron chi connectivity index (χ2n) is 6.72. The highest BCUT2D eigenvalue weighted by atomic mass is 16.3. The number of piperidine rings is 2. The molecule has 0 aromatic rings. The van der Waals surface area contributed by atoms with Crippen LogP contribution in [0.2, 0.25) is 0 Å². The lowest BCUT2D eigenvalue weighted by atomic mass is 9.98. The SMILES string of the molecule is CC1CCN(CCCNC(=O)N2CCC(CO)CC2)CC1. The van der Waals surface area contributed by atoms with E-state index in [-0.39, 0.29) is 12.6 Å². The highest BCUT2D eigenvalue weighted by Crippen LogP contribution is 2.17. The van der Waals surface area contributed by atoms with Crippen molar-refractivity contribution in [2.75, 3.05) is 45.9 Å². The number of aliphatic hydroxyl groups excluding tert-OH is 1. The van der Waals surface area contributed by atoms with Gasteiger partial charge in [0.25, 0.3) is 0 Å². The summed E-state index contributed by atoms with van der Waals surface area (Å²) in [6.45, 7) is 8.43. The van der Waals surface area contributed by atoms with E-state index in [0.717, 1.165) is 51.4 Å². The first kappa shape index (κ1) is 16.6. The van der Waals surface area contributed by atoms with E-state index < -0.39 is 0 Å². The molecule has 0 unspecified atom stereocenters. The zero-order chi connectivity index (χ0) is 15.1. The van der Waals surface area contributed by atoms with Crippen molar-refractivity contribution in [3.63, 3.8) is 0 Å². The summed E-state index contributed by atoms with van der Waals surface area (Å²) in [4.78, 5) is 16.4. The number of nitrogens with one attached hydrogen (secondary N) is 1. The second kappa shape index (κ2) is 8.59. The van der Waals surface area contributed by atoms with Gasteiger partial charge in [0.2, 0.25) is 0 Å². The van der Waals surface area contributed by atoms with Crippen molar-refractivity contribution in [3.8, 4) is 0 Å². The number of aliphatic hydroxyl groups is 1. The molecule has 0 atom stereocenters. The third-order valence-electron chi connectivity index (χ3n) is 4.96. The zero-order valence-electron chi connectivity index (χ0n) is 13.4. The smallest absolute Gasteiger partial charge is 0.317 e. The molecule has 2 aliphatic rings. The van der Waals surface area contributed by atoms with E-state index in [0.29, 0.717) is 5.92 Å². The van der Waals surface area contributed by atoms with Crippen LogP contribution in [0.4, 0.5) is 4.79 Å². The Morgan fingerprint density at radius 2 is 1.81 bits per heavy atom. The molecule has 2 aliphatic heterocycles. The Labute approximate surface area is 128 Å². The van der Waals surface area contributed by atoms with Crippen molar-refractivity contribution in [1.82, 2.24) is 15.1 Å². The average Bonchev–Trinajstić information content (AvgIpc) is 2.53. The molecule has 5 nitrogen and oxygen atoms in total. The molecule has 0 spiro atoms. The Kier molecular flexibility index (Phi) is 6.77. The number of likely N-dealkylation sites (tertiary alicyclic amines) is 2. The van der Waals surface area contributed by atoms with Crippen LogP contribution in [0, 0.1) is 11.8 Å². The van der Waals surface area contributed by atoms with Gasteiger partial charge in [0.15, 0.2) is 0 Å². The van der Waals surface area contributed by atoms with Gasteiger partial charge in [0.05, 0.1) is 0 Å².